The van der Waals surface area contributed by atoms with Crippen LogP contribution < -0.4 is 5.32 Å². The van der Waals surface area contributed by atoms with Gasteiger partial charge in [-0.2, -0.15) is 13.2 Å². The third-order valence-electron chi connectivity index (χ3n) is 1.87. The Bertz CT molecular complexity index is 361. The number of anilines is 1. The second kappa shape index (κ2) is 4.67. The first-order valence-electron chi connectivity index (χ1n) is 4.56. The lowest BCUT2D eigenvalue weighted by atomic mass is 10.2. The van der Waals surface area contributed by atoms with Gasteiger partial charge in [-0.1, -0.05) is 0 Å². The second-order valence-electron chi connectivity index (χ2n) is 3.49. The molecule has 0 fully saturated rings. The van der Waals surface area contributed by atoms with Gasteiger partial charge in [0.2, 0.25) is 0 Å². The topological polar surface area (TPSA) is 12.0 Å². The Morgan fingerprint density at radius 3 is 2.31 bits per heavy atom. The predicted molar refractivity (Wildman–Crippen MR) is 50.1 cm³/mol. The second-order valence-corrected chi connectivity index (χ2v) is 3.49. The molecule has 0 aliphatic heterocycles. The molecule has 1 aromatic rings. The zero-order chi connectivity index (χ0) is 12.3. The molecule has 0 bridgehead atoms. The van der Waals surface area contributed by atoms with Crippen molar-refractivity contribution in [2.24, 2.45) is 0 Å². The number of hydrogen-bond acceptors (Lipinski definition) is 1. The van der Waals surface area contributed by atoms with E-state index < -0.39 is 30.3 Å². The lowest BCUT2D eigenvalue weighted by molar-refractivity contribution is -0.136. The molecule has 1 atom stereocenters. The number of nitrogens with one attached hydrogen (secondary N) is 1. The Morgan fingerprint density at radius 1 is 1.19 bits per heavy atom. The van der Waals surface area contributed by atoms with Crippen LogP contribution in [0.3, 0.4) is 0 Å². The summed E-state index contributed by atoms with van der Waals surface area (Å²) in [6.07, 6.45) is -5.32. The van der Waals surface area contributed by atoms with E-state index in [0.29, 0.717) is 0 Å². The van der Waals surface area contributed by atoms with Crippen molar-refractivity contribution in [1.29, 1.82) is 0 Å². The minimum Gasteiger partial charge on any atom is -0.382 e. The molecule has 0 heterocycles. The molecule has 1 unspecified atom stereocenters. The van der Waals surface area contributed by atoms with Gasteiger partial charge < -0.3 is 5.32 Å². The molecular weight excluding hydrogens is 229 g/mol. The Balaban J connectivity index is 2.63. The molecule has 0 amide bonds. The van der Waals surface area contributed by atoms with E-state index >= 15 is 0 Å². The van der Waals surface area contributed by atoms with Crippen molar-refractivity contribution in [2.75, 3.05) is 5.32 Å². The largest absolute Gasteiger partial charge is 0.391 e. The molecule has 0 aliphatic carbocycles. The van der Waals surface area contributed by atoms with Gasteiger partial charge in [-0.3, -0.25) is 0 Å². The Hall–Kier alpha value is -1.33. The smallest absolute Gasteiger partial charge is 0.382 e. The maximum absolute atomic E-state index is 12.7. The number of halogens is 5. The highest BCUT2D eigenvalue weighted by Gasteiger charge is 2.29. The first-order valence-corrected chi connectivity index (χ1v) is 4.56. The van der Waals surface area contributed by atoms with Gasteiger partial charge in [-0.25, -0.2) is 8.78 Å². The van der Waals surface area contributed by atoms with E-state index in [1.807, 2.05) is 0 Å². The number of rotatable bonds is 3. The fourth-order valence-corrected chi connectivity index (χ4v) is 1.27. The summed E-state index contributed by atoms with van der Waals surface area (Å²) in [5, 5.41) is 2.44. The molecule has 1 aromatic carbocycles. The molecule has 6 heteroatoms. The van der Waals surface area contributed by atoms with Crippen molar-refractivity contribution in [3.63, 3.8) is 0 Å². The van der Waals surface area contributed by atoms with Crippen LogP contribution in [0.1, 0.15) is 13.3 Å². The van der Waals surface area contributed by atoms with Crippen LogP contribution in [0.25, 0.3) is 0 Å². The molecule has 0 radical (unpaired) electrons. The molecule has 0 aromatic heterocycles. The van der Waals surface area contributed by atoms with Crippen molar-refractivity contribution < 1.29 is 22.0 Å². The first kappa shape index (κ1) is 12.7. The van der Waals surface area contributed by atoms with E-state index in [1.54, 1.807) is 0 Å². The van der Waals surface area contributed by atoms with Crippen LogP contribution in [0.15, 0.2) is 18.2 Å². The SMILES string of the molecule is CC(CC(F)(F)F)Nc1ccc(F)c(F)c1. The summed E-state index contributed by atoms with van der Waals surface area (Å²) in [5.74, 6) is -2.13. The van der Waals surface area contributed by atoms with Crippen molar-refractivity contribution >= 4 is 5.69 Å². The summed E-state index contributed by atoms with van der Waals surface area (Å²) in [7, 11) is 0. The van der Waals surface area contributed by atoms with E-state index in [9.17, 15) is 22.0 Å². The van der Waals surface area contributed by atoms with Crippen molar-refractivity contribution in [2.45, 2.75) is 25.6 Å². The van der Waals surface area contributed by atoms with E-state index in [0.717, 1.165) is 12.1 Å². The number of hydrogen-bond donors (Lipinski definition) is 1. The Labute approximate surface area is 89.3 Å². The fourth-order valence-electron chi connectivity index (χ4n) is 1.27. The minimum atomic E-state index is -4.29. The number of alkyl halides is 3. The third kappa shape index (κ3) is 4.04. The van der Waals surface area contributed by atoms with Crippen molar-refractivity contribution in [1.82, 2.24) is 0 Å². The zero-order valence-corrected chi connectivity index (χ0v) is 8.41. The lowest BCUT2D eigenvalue weighted by Crippen LogP contribution is -2.23. The normalized spacial score (nSPS) is 13.6. The Morgan fingerprint density at radius 2 is 1.81 bits per heavy atom. The standard InChI is InChI=1S/C10H10F5N/c1-6(5-10(13,14)15)16-7-2-3-8(11)9(12)4-7/h2-4,6,16H,5H2,1H3. The molecule has 90 valence electrons. The maximum atomic E-state index is 12.7. The number of benzene rings is 1. The molecule has 0 saturated heterocycles. The van der Waals surface area contributed by atoms with Gasteiger partial charge in [0.15, 0.2) is 11.6 Å². The van der Waals surface area contributed by atoms with E-state index in [1.165, 1.54) is 13.0 Å². The summed E-state index contributed by atoms with van der Waals surface area (Å²) in [6.45, 7) is 1.31. The quantitative estimate of drug-likeness (QED) is 0.792. The average Bonchev–Trinajstić information content (AvgIpc) is 2.08. The first-order chi connectivity index (χ1) is 7.28. The van der Waals surface area contributed by atoms with Crippen LogP contribution in [0, 0.1) is 11.6 Å². The molecule has 1 N–H and O–H groups in total. The van der Waals surface area contributed by atoms with Crippen LogP contribution in [-0.4, -0.2) is 12.2 Å². The molecule has 16 heavy (non-hydrogen) atoms. The average molecular weight is 239 g/mol. The van der Waals surface area contributed by atoms with Crippen LogP contribution in [0.2, 0.25) is 0 Å². The highest BCUT2D eigenvalue weighted by atomic mass is 19.4. The van der Waals surface area contributed by atoms with Crippen LogP contribution in [-0.2, 0) is 0 Å². The fraction of sp³-hybridized carbons (Fsp3) is 0.400. The summed E-state index contributed by atoms with van der Waals surface area (Å²) in [6, 6.07) is 1.97. The van der Waals surface area contributed by atoms with Gasteiger partial charge in [0.1, 0.15) is 0 Å². The summed E-state index contributed by atoms with van der Waals surface area (Å²) >= 11 is 0. The molecule has 0 spiro atoms. The summed E-state index contributed by atoms with van der Waals surface area (Å²) in [5.41, 5.74) is 0.121. The van der Waals surface area contributed by atoms with Crippen LogP contribution in [0.4, 0.5) is 27.6 Å². The zero-order valence-electron chi connectivity index (χ0n) is 8.41. The van der Waals surface area contributed by atoms with Gasteiger partial charge in [-0.15, -0.1) is 0 Å². The van der Waals surface area contributed by atoms with Crippen LogP contribution >= 0.6 is 0 Å². The van der Waals surface area contributed by atoms with Gasteiger partial charge in [0, 0.05) is 17.8 Å². The van der Waals surface area contributed by atoms with Crippen LogP contribution in [0.5, 0.6) is 0 Å². The molecule has 1 nitrogen and oxygen atoms in total. The molecular formula is C10H10F5N. The molecule has 1 rings (SSSR count). The highest BCUT2D eigenvalue weighted by Crippen LogP contribution is 2.23. The monoisotopic (exact) mass is 239 g/mol. The third-order valence-corrected chi connectivity index (χ3v) is 1.87. The van der Waals surface area contributed by atoms with Gasteiger partial charge in [-0.05, 0) is 19.1 Å². The van der Waals surface area contributed by atoms with Crippen molar-refractivity contribution in [3.05, 3.63) is 29.8 Å². The highest BCUT2D eigenvalue weighted by molar-refractivity contribution is 5.44. The summed E-state index contributed by atoms with van der Waals surface area (Å²) < 4.78 is 61.2. The van der Waals surface area contributed by atoms with E-state index in [4.69, 9.17) is 0 Å². The van der Waals surface area contributed by atoms with Gasteiger partial charge >= 0.3 is 6.18 Å². The maximum Gasteiger partial charge on any atom is 0.391 e. The molecule has 0 aliphatic rings. The minimum absolute atomic E-state index is 0.121. The van der Waals surface area contributed by atoms with E-state index in [2.05, 4.69) is 5.32 Å². The summed E-state index contributed by atoms with van der Waals surface area (Å²) in [4.78, 5) is 0. The predicted octanol–water partition coefficient (Wildman–Crippen LogP) is 3.72. The van der Waals surface area contributed by atoms with Gasteiger partial charge in [0.05, 0.1) is 6.42 Å². The van der Waals surface area contributed by atoms with E-state index in [-0.39, 0.29) is 5.69 Å². The molecule has 0 saturated carbocycles. The lowest BCUT2D eigenvalue weighted by Gasteiger charge is -2.16. The van der Waals surface area contributed by atoms with Crippen molar-refractivity contribution in [3.8, 4) is 0 Å². The van der Waals surface area contributed by atoms with Gasteiger partial charge in [0.25, 0.3) is 0 Å². The Kier molecular flexibility index (Phi) is 3.72.